The molecule has 43 heavy (non-hydrogen) atoms. The van der Waals surface area contributed by atoms with E-state index < -0.39 is 30.5 Å². The first kappa shape index (κ1) is 28.5. The number of rotatable bonds is 4. The fourth-order valence-corrected chi connectivity index (χ4v) is 5.89. The summed E-state index contributed by atoms with van der Waals surface area (Å²) in [6.45, 7) is 6.71. The number of hydrogen-bond donors (Lipinski definition) is 1. The van der Waals surface area contributed by atoms with Gasteiger partial charge < -0.3 is 0 Å². The Labute approximate surface area is 242 Å². The maximum absolute atomic E-state index is 13.7. The van der Waals surface area contributed by atoms with Crippen molar-refractivity contribution in [2.75, 3.05) is 0 Å². The molecule has 0 radical (unpaired) electrons. The van der Waals surface area contributed by atoms with Crippen LogP contribution in [0, 0.1) is 27.7 Å². The zero-order chi connectivity index (χ0) is 30.8. The topological polar surface area (TPSA) is 59.4 Å². The Balaban J connectivity index is 1.60. The molecule has 12 heteroatoms. The van der Waals surface area contributed by atoms with Crippen molar-refractivity contribution in [1.29, 1.82) is 0 Å². The highest BCUT2D eigenvalue weighted by Crippen LogP contribution is 2.37. The van der Waals surface area contributed by atoms with Gasteiger partial charge in [-0.2, -0.15) is 26.3 Å². The summed E-state index contributed by atoms with van der Waals surface area (Å²) >= 11 is 0. The van der Waals surface area contributed by atoms with Crippen LogP contribution in [0.2, 0.25) is 0 Å². The van der Waals surface area contributed by atoms with Crippen molar-refractivity contribution < 1.29 is 26.3 Å². The monoisotopic (exact) mass is 591 g/mol. The molecular formula is C31H24BF6N5. The predicted octanol–water partition coefficient (Wildman–Crippen LogP) is 6.08. The van der Waals surface area contributed by atoms with E-state index in [0.29, 0.717) is 33.2 Å². The number of aromatic nitrogens is 5. The van der Waals surface area contributed by atoms with Crippen molar-refractivity contribution in [3.63, 3.8) is 0 Å². The van der Waals surface area contributed by atoms with Gasteiger partial charge in [-0.15, -0.1) is 5.10 Å². The summed E-state index contributed by atoms with van der Waals surface area (Å²) in [5, 5.41) is 6.96. The van der Waals surface area contributed by atoms with Crippen molar-refractivity contribution >= 4 is 45.3 Å². The van der Waals surface area contributed by atoms with Gasteiger partial charge in [-0.25, -0.2) is 9.97 Å². The normalized spacial score (nSPS) is 12.4. The molecule has 1 N–H and O–H groups in total. The molecule has 218 valence electrons. The summed E-state index contributed by atoms with van der Waals surface area (Å²) in [5.41, 5.74) is 5.03. The lowest BCUT2D eigenvalue weighted by molar-refractivity contribution is -0.144. The molecule has 0 saturated heterocycles. The van der Waals surface area contributed by atoms with Crippen molar-refractivity contribution in [3.8, 4) is 5.82 Å². The van der Waals surface area contributed by atoms with Crippen LogP contribution >= 0.6 is 0 Å². The Morgan fingerprint density at radius 1 is 0.698 bits per heavy atom. The summed E-state index contributed by atoms with van der Waals surface area (Å²) < 4.78 is 83.3. The standard InChI is InChI=1S/C31H24BF6N5/c1-16-8-10-23-21(14-16)22-15-20(30(33,34)35)9-11-24(22)43(23)26-7-5-6-25(39-26)32(27-18(3)12-17(2)13-19(27)4)29-40-28(41-42-29)31(36,37)38/h5-15H,1-4H3,(H,40,41,42). The van der Waals surface area contributed by atoms with Crippen molar-refractivity contribution in [1.82, 2.24) is 24.7 Å². The Morgan fingerprint density at radius 2 is 1.35 bits per heavy atom. The fourth-order valence-electron chi connectivity index (χ4n) is 5.89. The molecule has 6 aromatic rings. The van der Waals surface area contributed by atoms with Gasteiger partial charge in [0, 0.05) is 16.4 Å². The van der Waals surface area contributed by atoms with Crippen LogP contribution in [0.1, 0.15) is 33.6 Å². The number of aryl methyl sites for hydroxylation is 4. The summed E-state index contributed by atoms with van der Waals surface area (Å²) in [5.74, 6) is -0.895. The molecule has 0 spiro atoms. The summed E-state index contributed by atoms with van der Waals surface area (Å²) in [6.07, 6.45) is -9.27. The van der Waals surface area contributed by atoms with E-state index in [-0.39, 0.29) is 5.72 Å². The minimum absolute atomic E-state index is 0.0281. The lowest BCUT2D eigenvalue weighted by Crippen LogP contribution is -2.57. The number of H-pyrrole nitrogens is 1. The van der Waals surface area contributed by atoms with E-state index in [2.05, 4.69) is 15.2 Å². The molecule has 0 aliphatic heterocycles. The second kappa shape index (κ2) is 10.00. The highest BCUT2D eigenvalue weighted by Gasteiger charge is 2.39. The number of nitrogens with one attached hydrogen (secondary N) is 1. The number of fused-ring (bicyclic) bond motifs is 3. The van der Waals surface area contributed by atoms with Gasteiger partial charge in [0.1, 0.15) is 5.82 Å². The number of benzene rings is 3. The van der Waals surface area contributed by atoms with Gasteiger partial charge in [0.2, 0.25) is 0 Å². The molecule has 3 aromatic carbocycles. The Kier molecular flexibility index (Phi) is 6.63. The Hall–Kier alpha value is -4.61. The first-order chi connectivity index (χ1) is 20.2. The van der Waals surface area contributed by atoms with Gasteiger partial charge in [-0.05, 0) is 70.2 Å². The van der Waals surface area contributed by atoms with Crippen LogP contribution in [0.5, 0.6) is 0 Å². The van der Waals surface area contributed by atoms with E-state index in [9.17, 15) is 26.3 Å². The number of pyridine rings is 1. The molecule has 0 atom stereocenters. The molecule has 0 unspecified atom stereocenters. The van der Waals surface area contributed by atoms with E-state index in [4.69, 9.17) is 4.98 Å². The number of alkyl halides is 6. The van der Waals surface area contributed by atoms with Crippen LogP contribution < -0.4 is 16.8 Å². The van der Waals surface area contributed by atoms with Crippen LogP contribution in [0.15, 0.2) is 66.7 Å². The van der Waals surface area contributed by atoms with Gasteiger partial charge in [-0.1, -0.05) is 52.0 Å². The zero-order valence-corrected chi connectivity index (χ0v) is 23.5. The second-order valence-corrected chi connectivity index (χ2v) is 10.8. The lowest BCUT2D eigenvalue weighted by Gasteiger charge is -2.18. The van der Waals surface area contributed by atoms with Crippen molar-refractivity contribution in [2.45, 2.75) is 40.0 Å². The van der Waals surface area contributed by atoms with Crippen molar-refractivity contribution in [2.24, 2.45) is 0 Å². The second-order valence-electron chi connectivity index (χ2n) is 10.8. The van der Waals surface area contributed by atoms with Crippen LogP contribution in [0.4, 0.5) is 26.3 Å². The third-order valence-corrected chi connectivity index (χ3v) is 7.59. The maximum atomic E-state index is 13.7. The third kappa shape index (κ3) is 5.04. The van der Waals surface area contributed by atoms with E-state index >= 15 is 0 Å². The first-order valence-electron chi connectivity index (χ1n) is 13.4. The molecule has 0 fully saturated rings. The molecule has 3 aromatic heterocycles. The van der Waals surface area contributed by atoms with Gasteiger partial charge in [-0.3, -0.25) is 9.67 Å². The minimum Gasteiger partial charge on any atom is -0.294 e. The van der Waals surface area contributed by atoms with E-state index in [1.807, 2.05) is 58.0 Å². The lowest BCUT2D eigenvalue weighted by atomic mass is 9.40. The molecule has 3 heterocycles. The highest BCUT2D eigenvalue weighted by atomic mass is 19.4. The quantitative estimate of drug-likeness (QED) is 0.200. The van der Waals surface area contributed by atoms with Crippen LogP contribution in [0.25, 0.3) is 27.6 Å². The zero-order valence-electron chi connectivity index (χ0n) is 23.5. The summed E-state index contributed by atoms with van der Waals surface area (Å²) in [7, 11) is 0. The SMILES string of the molecule is Cc1cc(C)c(B(c2cccc(-n3c4ccc(C)cc4c4cc(C(F)(F)F)ccc43)n2)c2nc(C(F)(F)F)n[nH]2)c(C)c1. The highest BCUT2D eigenvalue weighted by molar-refractivity contribution is 6.94. The Bertz CT molecular complexity index is 2000. The van der Waals surface area contributed by atoms with Crippen molar-refractivity contribution in [3.05, 3.63) is 100 Å². The molecule has 6 rings (SSSR count). The number of hydrogen-bond acceptors (Lipinski definition) is 3. The molecule has 0 aliphatic carbocycles. The van der Waals surface area contributed by atoms with E-state index in [1.54, 1.807) is 22.8 Å². The average molecular weight is 591 g/mol. The predicted molar refractivity (Wildman–Crippen MR) is 155 cm³/mol. The smallest absolute Gasteiger partial charge is 0.294 e. The van der Waals surface area contributed by atoms with Gasteiger partial charge in [0.25, 0.3) is 5.82 Å². The molecule has 0 bridgehead atoms. The summed E-state index contributed by atoms with van der Waals surface area (Å²) in [4.78, 5) is 8.74. The number of aromatic amines is 1. The summed E-state index contributed by atoms with van der Waals surface area (Å²) in [6, 6.07) is 18.1. The molecule has 0 aliphatic rings. The van der Waals surface area contributed by atoms with Gasteiger partial charge in [0.05, 0.1) is 22.3 Å². The molecule has 5 nitrogen and oxygen atoms in total. The number of halogens is 6. The third-order valence-electron chi connectivity index (χ3n) is 7.59. The largest absolute Gasteiger partial charge is 0.453 e. The van der Waals surface area contributed by atoms with Gasteiger partial charge >= 0.3 is 19.1 Å². The number of nitrogens with zero attached hydrogens (tertiary/aromatic N) is 4. The van der Waals surface area contributed by atoms with Gasteiger partial charge in [0.15, 0.2) is 0 Å². The van der Waals surface area contributed by atoms with E-state index in [0.717, 1.165) is 39.8 Å². The fraction of sp³-hybridized carbons (Fsp3) is 0.194. The Morgan fingerprint density at radius 3 is 1.98 bits per heavy atom. The van der Waals surface area contributed by atoms with E-state index in [1.165, 1.54) is 6.07 Å². The molecular weight excluding hydrogens is 567 g/mol. The average Bonchev–Trinajstić information content (AvgIpc) is 3.53. The minimum atomic E-state index is -4.75. The van der Waals surface area contributed by atoms with Crippen LogP contribution in [0.3, 0.4) is 0 Å². The van der Waals surface area contributed by atoms with Crippen LogP contribution in [-0.2, 0) is 12.4 Å². The molecule has 0 saturated carbocycles. The first-order valence-corrected chi connectivity index (χ1v) is 13.4. The maximum Gasteiger partial charge on any atom is 0.453 e. The molecule has 0 amide bonds. The van der Waals surface area contributed by atoms with Crippen LogP contribution in [-0.4, -0.2) is 31.4 Å².